The van der Waals surface area contributed by atoms with Gasteiger partial charge in [0.25, 0.3) is 0 Å². The Morgan fingerprint density at radius 3 is 3.10 bits per heavy atom. The van der Waals surface area contributed by atoms with Gasteiger partial charge >= 0.3 is 0 Å². The molecular formula is C15H21N3O2S. The Kier molecular flexibility index (Phi) is 2.85. The molecule has 3 heterocycles. The first-order valence-corrected chi connectivity index (χ1v) is 8.06. The molecule has 1 N–H and O–H groups in total. The number of carbonyl (C=O) groups is 1. The van der Waals surface area contributed by atoms with Crippen LogP contribution in [-0.4, -0.2) is 34.3 Å². The molecule has 1 saturated carbocycles. The van der Waals surface area contributed by atoms with Crippen LogP contribution in [0, 0.1) is 10.2 Å². The largest absolute Gasteiger partial charge is 0.379 e. The number of nitrogens with zero attached hydrogens (tertiary/aromatic N) is 2. The van der Waals surface area contributed by atoms with E-state index in [1.165, 1.54) is 12.1 Å². The van der Waals surface area contributed by atoms with Gasteiger partial charge in [-0.2, -0.15) is 0 Å². The van der Waals surface area contributed by atoms with Crippen molar-refractivity contribution in [3.63, 3.8) is 0 Å². The molecule has 4 rings (SSSR count). The number of imidazole rings is 1. The van der Waals surface area contributed by atoms with E-state index >= 15 is 0 Å². The van der Waals surface area contributed by atoms with Crippen molar-refractivity contribution in [2.75, 3.05) is 13.2 Å². The highest BCUT2D eigenvalue weighted by Crippen LogP contribution is 2.65. The van der Waals surface area contributed by atoms with Crippen LogP contribution in [0.3, 0.4) is 0 Å². The smallest absolute Gasteiger partial charge is 0.226 e. The third-order valence-corrected chi connectivity index (χ3v) is 5.83. The first-order valence-electron chi connectivity index (χ1n) is 7.65. The van der Waals surface area contributed by atoms with Gasteiger partial charge in [-0.3, -0.25) is 4.79 Å². The third-order valence-electron chi connectivity index (χ3n) is 5.33. The number of hydrogen-bond donors (Lipinski definition) is 1. The molecule has 114 valence electrons. The minimum Gasteiger partial charge on any atom is -0.379 e. The predicted octanol–water partition coefficient (Wildman–Crippen LogP) is 1.51. The monoisotopic (exact) mass is 307 g/mol. The highest BCUT2D eigenvalue weighted by molar-refractivity contribution is 7.71. The summed E-state index contributed by atoms with van der Waals surface area (Å²) in [7, 11) is 1.98. The van der Waals surface area contributed by atoms with E-state index in [-0.39, 0.29) is 11.9 Å². The van der Waals surface area contributed by atoms with E-state index < -0.39 is 0 Å². The van der Waals surface area contributed by atoms with E-state index in [4.69, 9.17) is 17.0 Å². The van der Waals surface area contributed by atoms with Crippen LogP contribution in [0.5, 0.6) is 0 Å². The molecule has 1 saturated heterocycles. The average molecular weight is 307 g/mol. The zero-order valence-electron chi connectivity index (χ0n) is 12.5. The van der Waals surface area contributed by atoms with Crippen LogP contribution in [0.4, 0.5) is 0 Å². The number of rotatable bonds is 3. The van der Waals surface area contributed by atoms with Gasteiger partial charge in [0.1, 0.15) is 0 Å². The summed E-state index contributed by atoms with van der Waals surface area (Å²) in [5, 5.41) is 3.07. The second kappa shape index (κ2) is 4.43. The Hall–Kier alpha value is -1.14. The number of nitrogens with one attached hydrogen (secondary N) is 1. The SMILES string of the molecule is Cn1c(CC(=O)N[C@H]2CCOC2)c2n(c1=S)C[C@@]1(C)C[C@@H]21. The number of carbonyl (C=O) groups excluding carboxylic acids is 1. The maximum absolute atomic E-state index is 12.3. The molecule has 1 aromatic heterocycles. The average Bonchev–Trinajstić information content (AvgIpc) is 2.81. The summed E-state index contributed by atoms with van der Waals surface area (Å²) in [6.07, 6.45) is 2.57. The number of ether oxygens (including phenoxy) is 1. The first-order chi connectivity index (χ1) is 9.99. The second-order valence-electron chi connectivity index (χ2n) is 6.98. The van der Waals surface area contributed by atoms with Crippen molar-refractivity contribution >= 4 is 18.1 Å². The lowest BCUT2D eigenvalue weighted by Crippen LogP contribution is -2.36. The van der Waals surface area contributed by atoms with Crippen molar-refractivity contribution in [3.8, 4) is 0 Å². The maximum Gasteiger partial charge on any atom is 0.226 e. The molecule has 21 heavy (non-hydrogen) atoms. The molecule has 0 aromatic carbocycles. The fourth-order valence-electron chi connectivity index (χ4n) is 3.93. The zero-order chi connectivity index (χ0) is 14.8. The van der Waals surface area contributed by atoms with Gasteiger partial charge in [0, 0.05) is 37.5 Å². The quantitative estimate of drug-likeness (QED) is 0.861. The fraction of sp³-hybridized carbons (Fsp3) is 0.733. The highest BCUT2D eigenvalue weighted by Gasteiger charge is 2.58. The summed E-state index contributed by atoms with van der Waals surface area (Å²) >= 11 is 5.53. The van der Waals surface area contributed by atoms with Crippen molar-refractivity contribution in [2.24, 2.45) is 12.5 Å². The van der Waals surface area contributed by atoms with Crippen LogP contribution in [-0.2, 0) is 29.5 Å². The van der Waals surface area contributed by atoms with Gasteiger partial charge in [0.05, 0.1) is 19.1 Å². The maximum atomic E-state index is 12.3. The molecule has 3 atom stereocenters. The Bertz CT molecular complexity index is 671. The third kappa shape index (κ3) is 1.99. The van der Waals surface area contributed by atoms with Gasteiger partial charge < -0.3 is 19.2 Å². The summed E-state index contributed by atoms with van der Waals surface area (Å²) in [5.41, 5.74) is 2.80. The zero-order valence-corrected chi connectivity index (χ0v) is 13.3. The number of amides is 1. The minimum atomic E-state index is 0.0822. The molecule has 2 fully saturated rings. The lowest BCUT2D eigenvalue weighted by Gasteiger charge is -2.11. The lowest BCUT2D eigenvalue weighted by molar-refractivity contribution is -0.121. The standard InChI is InChI=1S/C15H21N3O2S/c1-15-6-10(15)13-11(17(2)14(21)18(13)8-15)5-12(19)16-9-3-4-20-7-9/h9-10H,3-8H2,1-2H3,(H,16,19)/t9-,10-,15+/m0/s1. The van der Waals surface area contributed by atoms with Crippen LogP contribution >= 0.6 is 12.2 Å². The van der Waals surface area contributed by atoms with Gasteiger partial charge in [-0.25, -0.2) is 0 Å². The van der Waals surface area contributed by atoms with Crippen molar-refractivity contribution in [3.05, 3.63) is 16.2 Å². The van der Waals surface area contributed by atoms with Crippen LogP contribution in [0.25, 0.3) is 0 Å². The Balaban J connectivity index is 1.57. The molecule has 3 aliphatic rings. The summed E-state index contributed by atoms with van der Waals surface area (Å²) in [4.78, 5) is 12.3. The van der Waals surface area contributed by atoms with E-state index in [0.717, 1.165) is 30.0 Å². The normalized spacial score (nSPS) is 32.9. The van der Waals surface area contributed by atoms with Gasteiger partial charge in [-0.1, -0.05) is 6.92 Å². The molecule has 0 spiro atoms. The summed E-state index contributed by atoms with van der Waals surface area (Å²) < 4.78 is 10.4. The number of hydrogen-bond acceptors (Lipinski definition) is 3. The second-order valence-corrected chi connectivity index (χ2v) is 7.34. The number of fused-ring (bicyclic) bond motifs is 3. The molecule has 0 radical (unpaired) electrons. The van der Waals surface area contributed by atoms with Gasteiger partial charge in [0.15, 0.2) is 4.77 Å². The van der Waals surface area contributed by atoms with Crippen molar-refractivity contribution in [2.45, 2.75) is 44.7 Å². The molecular weight excluding hydrogens is 286 g/mol. The van der Waals surface area contributed by atoms with E-state index in [0.29, 0.717) is 24.4 Å². The van der Waals surface area contributed by atoms with Gasteiger partial charge in [-0.15, -0.1) is 0 Å². The Labute approximate surface area is 129 Å². The minimum absolute atomic E-state index is 0.0822. The van der Waals surface area contributed by atoms with Crippen LogP contribution < -0.4 is 5.32 Å². The molecule has 1 amide bonds. The number of aromatic nitrogens is 2. The fourth-order valence-corrected chi connectivity index (χ4v) is 4.20. The van der Waals surface area contributed by atoms with Crippen molar-refractivity contribution in [1.82, 2.24) is 14.5 Å². The van der Waals surface area contributed by atoms with E-state index in [2.05, 4.69) is 16.8 Å². The molecule has 6 heteroatoms. The molecule has 0 unspecified atom stereocenters. The van der Waals surface area contributed by atoms with Crippen LogP contribution in [0.1, 0.15) is 37.1 Å². The topological polar surface area (TPSA) is 48.2 Å². The molecule has 1 aliphatic carbocycles. The summed E-state index contributed by atoms with van der Waals surface area (Å²) in [6.45, 7) is 4.72. The summed E-state index contributed by atoms with van der Waals surface area (Å²) in [5.74, 6) is 0.678. The molecule has 1 aromatic rings. The van der Waals surface area contributed by atoms with Crippen molar-refractivity contribution < 1.29 is 9.53 Å². The van der Waals surface area contributed by atoms with E-state index in [9.17, 15) is 4.79 Å². The van der Waals surface area contributed by atoms with Gasteiger partial charge in [0.2, 0.25) is 5.91 Å². The highest BCUT2D eigenvalue weighted by atomic mass is 32.1. The Morgan fingerprint density at radius 2 is 2.38 bits per heavy atom. The first kappa shape index (κ1) is 13.5. The molecule has 5 nitrogen and oxygen atoms in total. The summed E-state index contributed by atoms with van der Waals surface area (Å²) in [6, 6.07) is 0.174. The van der Waals surface area contributed by atoms with Crippen LogP contribution in [0.15, 0.2) is 0 Å². The Morgan fingerprint density at radius 1 is 1.57 bits per heavy atom. The van der Waals surface area contributed by atoms with E-state index in [1.807, 2.05) is 11.6 Å². The van der Waals surface area contributed by atoms with E-state index in [1.54, 1.807) is 0 Å². The van der Waals surface area contributed by atoms with Crippen LogP contribution in [0.2, 0.25) is 0 Å². The lowest BCUT2D eigenvalue weighted by atomic mass is 10.1. The molecule has 2 aliphatic heterocycles. The van der Waals surface area contributed by atoms with Gasteiger partial charge in [-0.05, 0) is 30.5 Å². The molecule has 0 bridgehead atoms. The van der Waals surface area contributed by atoms with Crippen molar-refractivity contribution in [1.29, 1.82) is 0 Å². The predicted molar refractivity (Wildman–Crippen MR) is 80.8 cm³/mol.